The second-order valence-corrected chi connectivity index (χ2v) is 10.7. The molecular weight excluding hydrogens is 300 g/mol. The van der Waals surface area contributed by atoms with Crippen LogP contribution in [0.1, 0.15) is 57.2 Å². The van der Waals surface area contributed by atoms with E-state index in [0.29, 0.717) is 10.8 Å². The lowest BCUT2D eigenvalue weighted by molar-refractivity contribution is -0.184. The third-order valence-electron chi connectivity index (χ3n) is 6.40. The highest BCUT2D eigenvalue weighted by Crippen LogP contribution is 2.70. The molecule has 4 saturated carbocycles. The van der Waals surface area contributed by atoms with Gasteiger partial charge in [0.1, 0.15) is 0 Å². The maximum Gasteiger partial charge on any atom is 0.0931 e. The normalized spacial score (nSPS) is 46.0. The van der Waals surface area contributed by atoms with Crippen LogP contribution in [0.15, 0.2) is 12.1 Å². The maximum absolute atomic E-state index is 11.1. The number of hydrogen-bond acceptors (Lipinski definition) is 2. The standard InChI is InChI=1S/C18H25ClOS/c1-16-6-12-7-17(2,9-16)11-18(8-12,10-16)14(20)5-13-3-4-15(19)21-13/h3-4,12,14,20H,5-11H2,1-2H3. The van der Waals surface area contributed by atoms with Gasteiger partial charge < -0.3 is 5.11 Å². The summed E-state index contributed by atoms with van der Waals surface area (Å²) >= 11 is 7.67. The summed E-state index contributed by atoms with van der Waals surface area (Å²) in [5.74, 6) is 0.845. The van der Waals surface area contributed by atoms with Crippen molar-refractivity contribution in [2.45, 2.75) is 64.9 Å². The lowest BCUT2D eigenvalue weighted by atomic mass is 9.39. The zero-order chi connectivity index (χ0) is 14.9. The van der Waals surface area contributed by atoms with Crippen molar-refractivity contribution in [1.82, 2.24) is 0 Å². The molecule has 0 radical (unpaired) electrons. The summed E-state index contributed by atoms with van der Waals surface area (Å²) in [6, 6.07) is 4.04. The van der Waals surface area contributed by atoms with E-state index in [0.717, 1.165) is 16.7 Å². The molecule has 0 amide bonds. The van der Waals surface area contributed by atoms with Crippen LogP contribution < -0.4 is 0 Å². The molecule has 1 aromatic heterocycles. The Hall–Kier alpha value is -0.0500. The smallest absolute Gasteiger partial charge is 0.0931 e. The largest absolute Gasteiger partial charge is 0.392 e. The lowest BCUT2D eigenvalue weighted by Crippen LogP contribution is -2.59. The lowest BCUT2D eigenvalue weighted by Gasteiger charge is -2.66. The third-order valence-corrected chi connectivity index (χ3v) is 7.65. The minimum Gasteiger partial charge on any atom is -0.392 e. The molecule has 1 nitrogen and oxygen atoms in total. The van der Waals surface area contributed by atoms with Crippen molar-refractivity contribution in [3.8, 4) is 0 Å². The van der Waals surface area contributed by atoms with Gasteiger partial charge in [0.15, 0.2) is 0 Å². The van der Waals surface area contributed by atoms with E-state index in [9.17, 15) is 5.11 Å². The number of rotatable bonds is 3. The average Bonchev–Trinajstić information content (AvgIpc) is 2.69. The molecular formula is C18H25ClOS. The highest BCUT2D eigenvalue weighted by molar-refractivity contribution is 7.16. The Labute approximate surface area is 136 Å². The van der Waals surface area contributed by atoms with Crippen LogP contribution in [0.25, 0.3) is 0 Å². The van der Waals surface area contributed by atoms with Crippen molar-refractivity contribution in [1.29, 1.82) is 0 Å². The molecule has 0 aromatic carbocycles. The van der Waals surface area contributed by atoms with Gasteiger partial charge in [0.05, 0.1) is 10.4 Å². The molecule has 0 aliphatic heterocycles. The van der Waals surface area contributed by atoms with Crippen molar-refractivity contribution in [2.24, 2.45) is 22.2 Å². The summed E-state index contributed by atoms with van der Waals surface area (Å²) in [5, 5.41) is 11.1. The highest BCUT2D eigenvalue weighted by atomic mass is 35.5. The Balaban J connectivity index is 1.61. The van der Waals surface area contributed by atoms with E-state index < -0.39 is 0 Å². The van der Waals surface area contributed by atoms with E-state index in [1.54, 1.807) is 11.3 Å². The predicted octanol–water partition coefficient (Wildman–Crippen LogP) is 5.30. The first-order chi connectivity index (χ1) is 9.80. The Bertz CT molecular complexity index is 547. The van der Waals surface area contributed by atoms with Crippen molar-refractivity contribution in [2.75, 3.05) is 0 Å². The first kappa shape index (κ1) is 14.5. The Kier molecular flexibility index (Phi) is 3.11. The van der Waals surface area contributed by atoms with Crippen molar-refractivity contribution in [3.05, 3.63) is 21.3 Å². The van der Waals surface area contributed by atoms with E-state index in [1.807, 2.05) is 6.07 Å². The van der Waals surface area contributed by atoms with Crippen LogP contribution in [-0.4, -0.2) is 11.2 Å². The molecule has 4 aliphatic rings. The zero-order valence-electron chi connectivity index (χ0n) is 13.0. The summed E-state index contributed by atoms with van der Waals surface area (Å²) in [6.45, 7) is 4.94. The van der Waals surface area contributed by atoms with Gasteiger partial charge in [-0.2, -0.15) is 0 Å². The van der Waals surface area contributed by atoms with Gasteiger partial charge in [0, 0.05) is 11.3 Å². The van der Waals surface area contributed by atoms with Crippen LogP contribution >= 0.6 is 22.9 Å². The highest BCUT2D eigenvalue weighted by Gasteiger charge is 2.61. The van der Waals surface area contributed by atoms with E-state index in [1.165, 1.54) is 43.4 Å². The monoisotopic (exact) mass is 324 g/mol. The van der Waals surface area contributed by atoms with Gasteiger partial charge in [-0.15, -0.1) is 11.3 Å². The summed E-state index contributed by atoms with van der Waals surface area (Å²) in [4.78, 5) is 1.23. The molecule has 4 aliphatic carbocycles. The molecule has 1 N–H and O–H groups in total. The second kappa shape index (κ2) is 4.49. The van der Waals surface area contributed by atoms with E-state index in [2.05, 4.69) is 19.9 Å². The number of aliphatic hydroxyl groups is 1. The molecule has 116 valence electrons. The van der Waals surface area contributed by atoms with Gasteiger partial charge in [0.2, 0.25) is 0 Å². The molecule has 3 heteroatoms. The van der Waals surface area contributed by atoms with Gasteiger partial charge in [-0.25, -0.2) is 0 Å². The summed E-state index contributed by atoms with van der Waals surface area (Å²) in [7, 11) is 0. The molecule has 3 unspecified atom stereocenters. The number of aliphatic hydroxyl groups excluding tert-OH is 1. The minimum absolute atomic E-state index is 0.166. The molecule has 0 spiro atoms. The van der Waals surface area contributed by atoms with Gasteiger partial charge in [0.25, 0.3) is 0 Å². The van der Waals surface area contributed by atoms with Gasteiger partial charge in [-0.1, -0.05) is 25.4 Å². The van der Waals surface area contributed by atoms with E-state index >= 15 is 0 Å². The second-order valence-electron chi connectivity index (χ2n) is 8.92. The van der Waals surface area contributed by atoms with Crippen LogP contribution in [0.5, 0.6) is 0 Å². The predicted molar refractivity (Wildman–Crippen MR) is 88.9 cm³/mol. The number of thiophene rings is 1. The van der Waals surface area contributed by atoms with Crippen LogP contribution in [0, 0.1) is 22.2 Å². The first-order valence-electron chi connectivity index (χ1n) is 8.22. The van der Waals surface area contributed by atoms with Crippen LogP contribution in [0.2, 0.25) is 4.34 Å². The number of halogens is 1. The van der Waals surface area contributed by atoms with Crippen molar-refractivity contribution >= 4 is 22.9 Å². The SMILES string of the molecule is CC12CC3CC(C)(C1)CC(C(O)Cc1ccc(Cl)s1)(C3)C2. The topological polar surface area (TPSA) is 20.2 Å². The van der Waals surface area contributed by atoms with E-state index in [-0.39, 0.29) is 11.5 Å². The zero-order valence-corrected chi connectivity index (χ0v) is 14.6. The first-order valence-corrected chi connectivity index (χ1v) is 9.42. The van der Waals surface area contributed by atoms with Crippen LogP contribution in [0.3, 0.4) is 0 Å². The third kappa shape index (κ3) is 2.38. The number of hydrogen-bond donors (Lipinski definition) is 1. The van der Waals surface area contributed by atoms with Gasteiger partial charge in [-0.05, 0) is 72.8 Å². The fraction of sp³-hybridized carbons (Fsp3) is 0.778. The summed E-state index contributed by atoms with van der Waals surface area (Å²) < 4.78 is 0.835. The maximum atomic E-state index is 11.1. The Morgan fingerprint density at radius 1 is 1.19 bits per heavy atom. The fourth-order valence-corrected chi connectivity index (χ4v) is 7.90. The molecule has 3 atom stereocenters. The van der Waals surface area contributed by atoms with Crippen molar-refractivity contribution in [3.63, 3.8) is 0 Å². The van der Waals surface area contributed by atoms with Gasteiger partial charge in [-0.3, -0.25) is 0 Å². The fourth-order valence-electron chi connectivity index (χ4n) is 6.78. The molecule has 5 rings (SSSR count). The summed E-state index contributed by atoms with van der Waals surface area (Å²) in [6.07, 6.45) is 8.45. The molecule has 1 heterocycles. The molecule has 21 heavy (non-hydrogen) atoms. The van der Waals surface area contributed by atoms with Gasteiger partial charge >= 0.3 is 0 Å². The quantitative estimate of drug-likeness (QED) is 0.799. The summed E-state index contributed by atoms with van der Waals surface area (Å²) in [5.41, 5.74) is 1.11. The average molecular weight is 325 g/mol. The molecule has 4 fully saturated rings. The van der Waals surface area contributed by atoms with E-state index in [4.69, 9.17) is 11.6 Å². The molecule has 1 aromatic rings. The Morgan fingerprint density at radius 3 is 2.38 bits per heavy atom. The molecule has 4 bridgehead atoms. The molecule has 0 saturated heterocycles. The van der Waals surface area contributed by atoms with Crippen molar-refractivity contribution < 1.29 is 5.11 Å². The van der Waals surface area contributed by atoms with Crippen LogP contribution in [-0.2, 0) is 6.42 Å². The van der Waals surface area contributed by atoms with Crippen LogP contribution in [0.4, 0.5) is 0 Å². The minimum atomic E-state index is -0.200. The Morgan fingerprint density at radius 2 is 1.86 bits per heavy atom.